The summed E-state index contributed by atoms with van der Waals surface area (Å²) in [7, 11) is 1.57. The van der Waals surface area contributed by atoms with E-state index < -0.39 is 0 Å². The molecule has 0 aliphatic heterocycles. The molecule has 0 fully saturated rings. The lowest BCUT2D eigenvalue weighted by Gasteiger charge is -2.05. The molecule has 0 amide bonds. The quantitative estimate of drug-likeness (QED) is 0.666. The van der Waals surface area contributed by atoms with Gasteiger partial charge in [-0.05, 0) is 36.8 Å². The number of fused-ring (bicyclic) bond motifs is 1. The second-order valence-electron chi connectivity index (χ2n) is 5.75. The standard InChI is InChI=1S/C20H20O4/c1-3-4-8-18-19(16-12-14(21)9-10-17(16)24-18)20(22)13-6-5-7-15(11-13)23-2/h5-7,9-12,21H,3-4,8H2,1-2H3. The van der Waals surface area contributed by atoms with E-state index in [1.54, 1.807) is 49.6 Å². The molecule has 0 saturated heterocycles. The van der Waals surface area contributed by atoms with Crippen molar-refractivity contribution in [3.8, 4) is 11.5 Å². The summed E-state index contributed by atoms with van der Waals surface area (Å²) in [5, 5.41) is 10.4. The molecule has 0 radical (unpaired) electrons. The smallest absolute Gasteiger partial charge is 0.197 e. The third-order valence-corrected chi connectivity index (χ3v) is 4.06. The fourth-order valence-corrected chi connectivity index (χ4v) is 2.81. The Hall–Kier alpha value is -2.75. The summed E-state index contributed by atoms with van der Waals surface area (Å²) in [5.74, 6) is 1.30. The number of ether oxygens (including phenoxy) is 1. The number of carbonyl (C=O) groups is 1. The van der Waals surface area contributed by atoms with Crippen LogP contribution in [-0.2, 0) is 6.42 Å². The van der Waals surface area contributed by atoms with Gasteiger partial charge in [0.05, 0.1) is 12.7 Å². The zero-order chi connectivity index (χ0) is 17.1. The highest BCUT2D eigenvalue weighted by molar-refractivity contribution is 6.17. The van der Waals surface area contributed by atoms with Crippen molar-refractivity contribution < 1.29 is 19.1 Å². The highest BCUT2D eigenvalue weighted by Crippen LogP contribution is 2.32. The molecular weight excluding hydrogens is 304 g/mol. The van der Waals surface area contributed by atoms with Crippen molar-refractivity contribution in [3.63, 3.8) is 0 Å². The molecule has 1 heterocycles. The highest BCUT2D eigenvalue weighted by Gasteiger charge is 2.22. The molecule has 3 rings (SSSR count). The van der Waals surface area contributed by atoms with E-state index in [1.165, 1.54) is 0 Å². The molecule has 2 aromatic carbocycles. The van der Waals surface area contributed by atoms with Crippen LogP contribution in [0.4, 0.5) is 0 Å². The van der Waals surface area contributed by atoms with E-state index in [9.17, 15) is 9.90 Å². The minimum absolute atomic E-state index is 0.116. The summed E-state index contributed by atoms with van der Waals surface area (Å²) in [6.45, 7) is 2.10. The maximum atomic E-state index is 13.1. The third-order valence-electron chi connectivity index (χ3n) is 4.06. The summed E-state index contributed by atoms with van der Waals surface area (Å²) < 4.78 is 11.1. The van der Waals surface area contributed by atoms with E-state index in [-0.39, 0.29) is 11.5 Å². The topological polar surface area (TPSA) is 59.7 Å². The van der Waals surface area contributed by atoms with E-state index in [0.29, 0.717) is 40.0 Å². The Kier molecular flexibility index (Phi) is 4.56. The van der Waals surface area contributed by atoms with Crippen LogP contribution in [0.25, 0.3) is 11.0 Å². The minimum Gasteiger partial charge on any atom is -0.508 e. The van der Waals surface area contributed by atoms with Crippen LogP contribution >= 0.6 is 0 Å². The summed E-state index contributed by atoms with van der Waals surface area (Å²) in [5.41, 5.74) is 1.69. The number of hydrogen-bond donors (Lipinski definition) is 1. The molecule has 0 spiro atoms. The van der Waals surface area contributed by atoms with Crippen molar-refractivity contribution in [1.82, 2.24) is 0 Å². The molecule has 3 aromatic rings. The lowest BCUT2D eigenvalue weighted by Crippen LogP contribution is -2.04. The van der Waals surface area contributed by atoms with Gasteiger partial charge in [-0.1, -0.05) is 25.5 Å². The third kappa shape index (κ3) is 3.00. The zero-order valence-electron chi connectivity index (χ0n) is 13.8. The van der Waals surface area contributed by atoms with Crippen LogP contribution in [-0.4, -0.2) is 18.0 Å². The van der Waals surface area contributed by atoms with Crippen molar-refractivity contribution in [2.45, 2.75) is 26.2 Å². The van der Waals surface area contributed by atoms with Gasteiger partial charge >= 0.3 is 0 Å². The van der Waals surface area contributed by atoms with Crippen LogP contribution in [0.1, 0.15) is 41.4 Å². The first-order chi connectivity index (χ1) is 11.6. The van der Waals surface area contributed by atoms with E-state index in [1.807, 2.05) is 0 Å². The van der Waals surface area contributed by atoms with Gasteiger partial charge < -0.3 is 14.3 Å². The van der Waals surface area contributed by atoms with Gasteiger partial charge in [0.1, 0.15) is 22.8 Å². The van der Waals surface area contributed by atoms with E-state index in [2.05, 4.69) is 6.92 Å². The average molecular weight is 324 g/mol. The Labute approximate surface area is 140 Å². The Morgan fingerprint density at radius 1 is 1.21 bits per heavy atom. The lowest BCUT2D eigenvalue weighted by molar-refractivity contribution is 0.103. The van der Waals surface area contributed by atoms with Crippen LogP contribution in [0.15, 0.2) is 46.9 Å². The molecule has 0 bridgehead atoms. The second-order valence-corrected chi connectivity index (χ2v) is 5.75. The predicted octanol–water partition coefficient (Wildman–Crippen LogP) is 4.72. The maximum absolute atomic E-state index is 13.1. The number of hydrogen-bond acceptors (Lipinski definition) is 4. The fraction of sp³-hybridized carbons (Fsp3) is 0.250. The number of phenolic OH excluding ortho intramolecular Hbond substituents is 1. The van der Waals surface area contributed by atoms with Crippen molar-refractivity contribution in [2.24, 2.45) is 0 Å². The highest BCUT2D eigenvalue weighted by atomic mass is 16.5. The Morgan fingerprint density at radius 3 is 2.79 bits per heavy atom. The number of carbonyl (C=O) groups excluding carboxylic acids is 1. The molecule has 0 saturated carbocycles. The number of aromatic hydroxyl groups is 1. The zero-order valence-corrected chi connectivity index (χ0v) is 13.8. The number of methoxy groups -OCH3 is 1. The van der Waals surface area contributed by atoms with Gasteiger partial charge in [-0.25, -0.2) is 0 Å². The normalized spacial score (nSPS) is 10.9. The van der Waals surface area contributed by atoms with Gasteiger partial charge in [0.2, 0.25) is 0 Å². The van der Waals surface area contributed by atoms with Crippen molar-refractivity contribution in [3.05, 3.63) is 59.4 Å². The number of ketones is 1. The molecular formula is C20H20O4. The van der Waals surface area contributed by atoms with Gasteiger partial charge in [-0.15, -0.1) is 0 Å². The van der Waals surface area contributed by atoms with E-state index >= 15 is 0 Å². The molecule has 1 N–H and O–H groups in total. The van der Waals surface area contributed by atoms with Crippen LogP contribution in [0.5, 0.6) is 11.5 Å². The van der Waals surface area contributed by atoms with Gasteiger partial charge in [0.25, 0.3) is 0 Å². The predicted molar refractivity (Wildman–Crippen MR) is 92.9 cm³/mol. The second kappa shape index (κ2) is 6.79. The summed E-state index contributed by atoms with van der Waals surface area (Å²) >= 11 is 0. The Balaban J connectivity index is 2.14. The molecule has 1 aromatic heterocycles. The SMILES string of the molecule is CCCCc1oc2ccc(O)cc2c1C(=O)c1cccc(OC)c1. The summed E-state index contributed by atoms with van der Waals surface area (Å²) in [6, 6.07) is 11.9. The van der Waals surface area contributed by atoms with E-state index in [4.69, 9.17) is 9.15 Å². The first kappa shape index (κ1) is 16.1. The van der Waals surface area contributed by atoms with Crippen LogP contribution < -0.4 is 4.74 Å². The molecule has 24 heavy (non-hydrogen) atoms. The lowest BCUT2D eigenvalue weighted by atomic mass is 9.98. The molecule has 4 heteroatoms. The van der Waals surface area contributed by atoms with Gasteiger partial charge in [0.15, 0.2) is 5.78 Å². The maximum Gasteiger partial charge on any atom is 0.197 e. The molecule has 0 aliphatic carbocycles. The van der Waals surface area contributed by atoms with Gasteiger partial charge in [-0.2, -0.15) is 0 Å². The number of benzene rings is 2. The van der Waals surface area contributed by atoms with Crippen LogP contribution in [0.2, 0.25) is 0 Å². The molecule has 4 nitrogen and oxygen atoms in total. The Morgan fingerprint density at radius 2 is 2.04 bits per heavy atom. The first-order valence-corrected chi connectivity index (χ1v) is 8.07. The number of aryl methyl sites for hydroxylation is 1. The van der Waals surface area contributed by atoms with Crippen molar-refractivity contribution >= 4 is 16.8 Å². The average Bonchev–Trinajstić information content (AvgIpc) is 2.96. The van der Waals surface area contributed by atoms with Gasteiger partial charge in [0, 0.05) is 17.4 Å². The minimum atomic E-state index is -0.121. The summed E-state index contributed by atoms with van der Waals surface area (Å²) in [6.07, 6.45) is 2.64. The van der Waals surface area contributed by atoms with Crippen molar-refractivity contribution in [2.75, 3.05) is 7.11 Å². The molecule has 0 atom stereocenters. The Bertz CT molecular complexity index is 876. The number of unbranched alkanes of at least 4 members (excludes halogenated alkanes) is 1. The number of furan rings is 1. The molecule has 0 unspecified atom stereocenters. The first-order valence-electron chi connectivity index (χ1n) is 8.07. The van der Waals surface area contributed by atoms with Crippen LogP contribution in [0.3, 0.4) is 0 Å². The molecule has 0 aliphatic rings. The largest absolute Gasteiger partial charge is 0.508 e. The monoisotopic (exact) mass is 324 g/mol. The number of rotatable bonds is 6. The van der Waals surface area contributed by atoms with Crippen molar-refractivity contribution in [1.29, 1.82) is 0 Å². The number of phenols is 1. The summed E-state index contributed by atoms with van der Waals surface area (Å²) in [4.78, 5) is 13.1. The molecule has 124 valence electrons. The van der Waals surface area contributed by atoms with E-state index in [0.717, 1.165) is 12.8 Å². The fourth-order valence-electron chi connectivity index (χ4n) is 2.81. The van der Waals surface area contributed by atoms with Gasteiger partial charge in [-0.3, -0.25) is 4.79 Å². The van der Waals surface area contributed by atoms with Crippen LogP contribution in [0, 0.1) is 0 Å².